The van der Waals surface area contributed by atoms with E-state index in [2.05, 4.69) is 4.98 Å². The molecule has 1 aromatic carbocycles. The molecule has 15 heavy (non-hydrogen) atoms. The van der Waals surface area contributed by atoms with Crippen LogP contribution >= 0.6 is 22.9 Å². The van der Waals surface area contributed by atoms with Crippen molar-refractivity contribution in [2.45, 2.75) is 6.54 Å². The van der Waals surface area contributed by atoms with Crippen LogP contribution in [0.4, 0.5) is 4.39 Å². The molecule has 1 heterocycles. The molecule has 0 saturated heterocycles. The van der Waals surface area contributed by atoms with Crippen molar-refractivity contribution in [1.29, 1.82) is 0 Å². The van der Waals surface area contributed by atoms with E-state index in [1.54, 1.807) is 6.07 Å². The van der Waals surface area contributed by atoms with Gasteiger partial charge in [-0.25, -0.2) is 9.37 Å². The van der Waals surface area contributed by atoms with Crippen molar-refractivity contribution in [3.63, 3.8) is 0 Å². The van der Waals surface area contributed by atoms with Crippen molar-refractivity contribution >= 4 is 22.9 Å². The molecule has 0 atom stereocenters. The zero-order valence-corrected chi connectivity index (χ0v) is 9.28. The van der Waals surface area contributed by atoms with E-state index >= 15 is 0 Å². The number of nitrogens with two attached hydrogens (primary N) is 1. The van der Waals surface area contributed by atoms with Gasteiger partial charge in [0.2, 0.25) is 0 Å². The summed E-state index contributed by atoms with van der Waals surface area (Å²) in [6.45, 7) is 0.395. The number of aromatic nitrogens is 1. The van der Waals surface area contributed by atoms with Gasteiger partial charge >= 0.3 is 0 Å². The highest BCUT2D eigenvalue weighted by atomic mass is 35.5. The highest BCUT2D eigenvalue weighted by Crippen LogP contribution is 2.26. The first-order chi connectivity index (χ1) is 7.20. The molecule has 2 N–H and O–H groups in total. The lowest BCUT2D eigenvalue weighted by Crippen LogP contribution is -1.95. The van der Waals surface area contributed by atoms with Crippen LogP contribution in [0.25, 0.3) is 10.6 Å². The summed E-state index contributed by atoms with van der Waals surface area (Å²) in [6, 6.07) is 4.64. The molecule has 0 unspecified atom stereocenters. The normalized spacial score (nSPS) is 10.6. The van der Waals surface area contributed by atoms with E-state index in [1.165, 1.54) is 23.5 Å². The second kappa shape index (κ2) is 4.26. The minimum Gasteiger partial charge on any atom is -0.325 e. The molecule has 0 spiro atoms. The summed E-state index contributed by atoms with van der Waals surface area (Å²) < 4.78 is 13.2. The van der Waals surface area contributed by atoms with E-state index < -0.39 is 5.82 Å². The maximum absolute atomic E-state index is 13.2. The SMILES string of the molecule is NCc1csc(-c2ccc(Cl)c(F)c2)n1. The van der Waals surface area contributed by atoms with Gasteiger partial charge in [-0.3, -0.25) is 0 Å². The Morgan fingerprint density at radius 2 is 2.27 bits per heavy atom. The summed E-state index contributed by atoms with van der Waals surface area (Å²) in [7, 11) is 0. The Kier molecular flexibility index (Phi) is 3.00. The Labute approximate surface area is 95.5 Å². The molecular weight excluding hydrogens is 235 g/mol. The highest BCUT2D eigenvalue weighted by molar-refractivity contribution is 7.13. The van der Waals surface area contributed by atoms with E-state index in [4.69, 9.17) is 17.3 Å². The minimum absolute atomic E-state index is 0.120. The minimum atomic E-state index is -0.432. The maximum Gasteiger partial charge on any atom is 0.142 e. The number of nitrogens with zero attached hydrogens (tertiary/aromatic N) is 1. The number of benzene rings is 1. The maximum atomic E-state index is 13.2. The van der Waals surface area contributed by atoms with E-state index in [0.29, 0.717) is 6.54 Å². The molecule has 0 amide bonds. The predicted molar refractivity (Wildman–Crippen MR) is 60.4 cm³/mol. The monoisotopic (exact) mass is 242 g/mol. The molecule has 2 aromatic rings. The van der Waals surface area contributed by atoms with Crippen LogP contribution in [0.1, 0.15) is 5.69 Å². The van der Waals surface area contributed by atoms with E-state index in [0.717, 1.165) is 16.3 Å². The van der Waals surface area contributed by atoms with Gasteiger partial charge < -0.3 is 5.73 Å². The molecule has 2 nitrogen and oxygen atoms in total. The third-order valence-electron chi connectivity index (χ3n) is 1.93. The molecule has 0 aliphatic carbocycles. The second-order valence-electron chi connectivity index (χ2n) is 2.98. The molecular formula is C10H8ClFN2S. The van der Waals surface area contributed by atoms with Gasteiger partial charge in [0.15, 0.2) is 0 Å². The van der Waals surface area contributed by atoms with Crippen LogP contribution < -0.4 is 5.73 Å². The van der Waals surface area contributed by atoms with Gasteiger partial charge in [-0.2, -0.15) is 0 Å². The fourth-order valence-electron chi connectivity index (χ4n) is 1.16. The Bertz CT molecular complexity index is 484. The van der Waals surface area contributed by atoms with Crippen molar-refractivity contribution in [2.24, 2.45) is 5.73 Å². The number of halogens is 2. The fourth-order valence-corrected chi connectivity index (χ4v) is 2.11. The summed E-state index contributed by atoms with van der Waals surface area (Å²) in [5.41, 5.74) is 6.98. The molecule has 0 aliphatic rings. The number of hydrogen-bond donors (Lipinski definition) is 1. The lowest BCUT2D eigenvalue weighted by molar-refractivity contribution is 0.629. The largest absolute Gasteiger partial charge is 0.325 e. The molecule has 78 valence electrons. The van der Waals surface area contributed by atoms with Crippen LogP contribution in [0, 0.1) is 5.82 Å². The molecule has 2 rings (SSSR count). The van der Waals surface area contributed by atoms with Gasteiger partial charge in [0.1, 0.15) is 10.8 Å². The van der Waals surface area contributed by atoms with Gasteiger partial charge in [0.05, 0.1) is 10.7 Å². The first-order valence-corrected chi connectivity index (χ1v) is 5.56. The van der Waals surface area contributed by atoms with E-state index in [1.807, 2.05) is 5.38 Å². The zero-order valence-electron chi connectivity index (χ0n) is 7.71. The number of hydrogen-bond acceptors (Lipinski definition) is 3. The summed E-state index contributed by atoms with van der Waals surface area (Å²) in [5.74, 6) is -0.432. The van der Waals surface area contributed by atoms with Crippen LogP contribution in [0.15, 0.2) is 23.6 Å². The quantitative estimate of drug-likeness (QED) is 0.879. The van der Waals surface area contributed by atoms with Crippen molar-refractivity contribution in [3.05, 3.63) is 40.1 Å². The summed E-state index contributed by atoms with van der Waals surface area (Å²) in [6.07, 6.45) is 0. The number of rotatable bonds is 2. The lowest BCUT2D eigenvalue weighted by atomic mass is 10.2. The van der Waals surface area contributed by atoms with Gasteiger partial charge in [0.25, 0.3) is 0 Å². The van der Waals surface area contributed by atoms with E-state index in [-0.39, 0.29) is 5.02 Å². The summed E-state index contributed by atoms with van der Waals surface area (Å²) in [5, 5.41) is 2.74. The first kappa shape index (κ1) is 10.5. The molecule has 0 aliphatic heterocycles. The van der Waals surface area contributed by atoms with Gasteiger partial charge in [-0.15, -0.1) is 11.3 Å². The Hall–Kier alpha value is -0.970. The standard InChI is InChI=1S/C10H8ClFN2S/c11-8-2-1-6(3-9(8)12)10-14-7(4-13)5-15-10/h1-3,5H,4,13H2. The number of thiazole rings is 1. The lowest BCUT2D eigenvalue weighted by Gasteiger charge is -1.97. The topological polar surface area (TPSA) is 38.9 Å². The van der Waals surface area contributed by atoms with Gasteiger partial charge in [-0.05, 0) is 12.1 Å². The average molecular weight is 243 g/mol. The molecule has 0 radical (unpaired) electrons. The average Bonchev–Trinajstić information content (AvgIpc) is 2.70. The van der Waals surface area contributed by atoms with Crippen molar-refractivity contribution in [1.82, 2.24) is 4.98 Å². The predicted octanol–water partition coefficient (Wildman–Crippen LogP) is 3.06. The fraction of sp³-hybridized carbons (Fsp3) is 0.100. The van der Waals surface area contributed by atoms with Crippen LogP contribution in [-0.4, -0.2) is 4.98 Å². The molecule has 0 saturated carbocycles. The third kappa shape index (κ3) is 2.17. The Morgan fingerprint density at radius 3 is 2.87 bits per heavy atom. The molecule has 1 aromatic heterocycles. The van der Waals surface area contributed by atoms with E-state index in [9.17, 15) is 4.39 Å². The molecule has 5 heteroatoms. The second-order valence-corrected chi connectivity index (χ2v) is 4.24. The first-order valence-electron chi connectivity index (χ1n) is 4.30. The van der Waals surface area contributed by atoms with Crippen molar-refractivity contribution < 1.29 is 4.39 Å². The van der Waals surface area contributed by atoms with Crippen LogP contribution in [0.5, 0.6) is 0 Å². The molecule has 0 bridgehead atoms. The molecule has 0 fully saturated rings. The van der Waals surface area contributed by atoms with Gasteiger partial charge in [0, 0.05) is 17.5 Å². The van der Waals surface area contributed by atoms with Crippen LogP contribution in [0.3, 0.4) is 0 Å². The summed E-state index contributed by atoms with van der Waals surface area (Å²) >= 11 is 7.03. The van der Waals surface area contributed by atoms with Crippen LogP contribution in [0.2, 0.25) is 5.02 Å². The Balaban J connectivity index is 2.40. The Morgan fingerprint density at radius 1 is 1.47 bits per heavy atom. The van der Waals surface area contributed by atoms with Gasteiger partial charge in [-0.1, -0.05) is 17.7 Å². The zero-order chi connectivity index (χ0) is 10.8. The van der Waals surface area contributed by atoms with Crippen molar-refractivity contribution in [2.75, 3.05) is 0 Å². The smallest absolute Gasteiger partial charge is 0.142 e. The summed E-state index contributed by atoms with van der Waals surface area (Å²) in [4.78, 5) is 4.25. The third-order valence-corrected chi connectivity index (χ3v) is 3.17. The highest BCUT2D eigenvalue weighted by Gasteiger charge is 2.06. The van der Waals surface area contributed by atoms with Crippen molar-refractivity contribution in [3.8, 4) is 10.6 Å². The van der Waals surface area contributed by atoms with Crippen LogP contribution in [-0.2, 0) is 6.54 Å².